The second kappa shape index (κ2) is 7.34. The van der Waals surface area contributed by atoms with E-state index in [2.05, 4.69) is 10.4 Å². The highest BCUT2D eigenvalue weighted by atomic mass is 19.1. The third-order valence-electron chi connectivity index (χ3n) is 4.87. The summed E-state index contributed by atoms with van der Waals surface area (Å²) >= 11 is 0. The summed E-state index contributed by atoms with van der Waals surface area (Å²) in [6, 6.07) is 11.9. The number of amides is 1. The topological polar surface area (TPSA) is 65.4 Å². The number of rotatable bonds is 5. The van der Waals surface area contributed by atoms with Crippen LogP contribution in [0.2, 0.25) is 0 Å². The molecule has 144 valence electrons. The predicted octanol–water partition coefficient (Wildman–Crippen LogP) is 3.62. The van der Waals surface area contributed by atoms with E-state index in [-0.39, 0.29) is 30.7 Å². The van der Waals surface area contributed by atoms with Crippen molar-refractivity contribution in [1.29, 1.82) is 0 Å². The van der Waals surface area contributed by atoms with Gasteiger partial charge in [-0.05, 0) is 23.8 Å². The summed E-state index contributed by atoms with van der Waals surface area (Å²) in [5.41, 5.74) is 2.46. The number of hydrogen-bond acceptors (Lipinski definition) is 4. The van der Waals surface area contributed by atoms with Crippen LogP contribution in [0.5, 0.6) is 11.5 Å². The lowest BCUT2D eigenvalue weighted by Gasteiger charge is -2.26. The number of hydrogen-bond donors (Lipinski definition) is 1. The van der Waals surface area contributed by atoms with Gasteiger partial charge in [0.15, 0.2) is 11.5 Å². The number of carbonyl (C=O) groups is 1. The normalized spacial score (nSPS) is 15.7. The maximum atomic E-state index is 13.5. The molecule has 0 bridgehead atoms. The summed E-state index contributed by atoms with van der Waals surface area (Å²) in [7, 11) is 3.35. The molecule has 6 nitrogen and oxygen atoms in total. The Hall–Kier alpha value is -3.35. The van der Waals surface area contributed by atoms with Gasteiger partial charge in [-0.3, -0.25) is 9.48 Å². The molecule has 0 unspecified atom stereocenters. The van der Waals surface area contributed by atoms with Crippen molar-refractivity contribution in [3.63, 3.8) is 0 Å². The molecule has 1 aromatic heterocycles. The summed E-state index contributed by atoms with van der Waals surface area (Å²) < 4.78 is 26.7. The summed E-state index contributed by atoms with van der Waals surface area (Å²) in [5.74, 6) is 1.18. The number of fused-ring (bicyclic) bond motifs is 1. The Balaban J connectivity index is 1.73. The number of benzene rings is 2. The fraction of sp³-hybridized carbons (Fsp3) is 0.238. The lowest BCUT2D eigenvalue weighted by atomic mass is 9.86. The first-order valence-electron chi connectivity index (χ1n) is 8.92. The average molecular weight is 381 g/mol. The number of halogens is 1. The van der Waals surface area contributed by atoms with Gasteiger partial charge in [0.1, 0.15) is 18.2 Å². The maximum Gasteiger partial charge on any atom is 0.226 e. The van der Waals surface area contributed by atoms with E-state index in [1.165, 1.54) is 12.1 Å². The van der Waals surface area contributed by atoms with Crippen molar-refractivity contribution >= 4 is 11.7 Å². The summed E-state index contributed by atoms with van der Waals surface area (Å²) in [6.07, 6.45) is 2.04. The van der Waals surface area contributed by atoms with Gasteiger partial charge < -0.3 is 14.8 Å². The van der Waals surface area contributed by atoms with E-state index in [1.54, 1.807) is 43.2 Å². The summed E-state index contributed by atoms with van der Waals surface area (Å²) in [4.78, 5) is 12.3. The van der Waals surface area contributed by atoms with Gasteiger partial charge in [-0.2, -0.15) is 5.10 Å². The number of para-hydroxylation sites is 1. The van der Waals surface area contributed by atoms with Crippen LogP contribution in [0.15, 0.2) is 48.7 Å². The second-order valence-corrected chi connectivity index (χ2v) is 6.67. The summed E-state index contributed by atoms with van der Waals surface area (Å²) in [5, 5.41) is 7.14. The molecule has 1 amide bonds. The fourth-order valence-electron chi connectivity index (χ4n) is 3.52. The number of ether oxygens (including phenoxy) is 2. The quantitative estimate of drug-likeness (QED) is 0.733. The standard InChI is InChI=1S/C21H20FN3O3/c1-25-21-17(11-23-25)16(10-19(26)24-21)15-7-4-8-18(27-2)20(15)28-12-13-5-3-6-14(22)9-13/h3-9,11,16H,10,12H2,1-2H3,(H,24,26)/t16-/m1/s1. The minimum Gasteiger partial charge on any atom is -0.493 e. The maximum absolute atomic E-state index is 13.5. The Kier molecular flexibility index (Phi) is 4.73. The number of nitrogens with zero attached hydrogens (tertiary/aromatic N) is 2. The van der Waals surface area contributed by atoms with Crippen molar-refractivity contribution in [2.75, 3.05) is 12.4 Å². The van der Waals surface area contributed by atoms with Gasteiger partial charge in [0.2, 0.25) is 5.91 Å². The zero-order valence-corrected chi connectivity index (χ0v) is 15.6. The van der Waals surface area contributed by atoms with E-state index < -0.39 is 0 Å². The van der Waals surface area contributed by atoms with Gasteiger partial charge in [0.25, 0.3) is 0 Å². The van der Waals surface area contributed by atoms with Crippen molar-refractivity contribution in [2.45, 2.75) is 18.9 Å². The van der Waals surface area contributed by atoms with E-state index in [0.717, 1.165) is 11.1 Å². The molecular formula is C21H20FN3O3. The van der Waals surface area contributed by atoms with Gasteiger partial charge in [-0.15, -0.1) is 0 Å². The van der Waals surface area contributed by atoms with Gasteiger partial charge in [0.05, 0.1) is 13.3 Å². The molecule has 0 aliphatic carbocycles. The molecule has 1 atom stereocenters. The van der Waals surface area contributed by atoms with Gasteiger partial charge >= 0.3 is 0 Å². The molecule has 0 fully saturated rings. The monoisotopic (exact) mass is 381 g/mol. The molecule has 7 heteroatoms. The number of aromatic nitrogens is 2. The highest BCUT2D eigenvalue weighted by Gasteiger charge is 2.32. The van der Waals surface area contributed by atoms with E-state index in [9.17, 15) is 9.18 Å². The third-order valence-corrected chi connectivity index (χ3v) is 4.87. The number of anilines is 1. The molecule has 4 rings (SSSR count). The fourth-order valence-corrected chi connectivity index (χ4v) is 3.52. The average Bonchev–Trinajstić information content (AvgIpc) is 3.06. The molecule has 0 saturated heterocycles. The van der Waals surface area contributed by atoms with Crippen LogP contribution in [0.25, 0.3) is 0 Å². The van der Waals surface area contributed by atoms with Crippen molar-refractivity contribution in [1.82, 2.24) is 9.78 Å². The highest BCUT2D eigenvalue weighted by Crippen LogP contribution is 2.44. The third kappa shape index (κ3) is 3.31. The first kappa shape index (κ1) is 18.0. The number of carbonyl (C=O) groups excluding carboxylic acids is 1. The van der Waals surface area contributed by atoms with E-state index in [0.29, 0.717) is 22.9 Å². The van der Waals surface area contributed by atoms with Crippen LogP contribution < -0.4 is 14.8 Å². The first-order chi connectivity index (χ1) is 13.6. The molecule has 28 heavy (non-hydrogen) atoms. The Labute approximate surface area is 161 Å². The molecule has 2 heterocycles. The lowest BCUT2D eigenvalue weighted by Crippen LogP contribution is -2.24. The zero-order chi connectivity index (χ0) is 19.7. The Bertz CT molecular complexity index is 1030. The smallest absolute Gasteiger partial charge is 0.226 e. The Morgan fingerprint density at radius 3 is 2.86 bits per heavy atom. The summed E-state index contributed by atoms with van der Waals surface area (Å²) in [6.45, 7) is 0.184. The minimum absolute atomic E-state index is 0.0833. The van der Waals surface area contributed by atoms with Crippen LogP contribution in [0.1, 0.15) is 29.0 Å². The van der Waals surface area contributed by atoms with Crippen LogP contribution in [0.4, 0.5) is 10.2 Å². The molecule has 0 saturated carbocycles. The minimum atomic E-state index is -0.315. The van der Waals surface area contributed by atoms with Crippen LogP contribution >= 0.6 is 0 Å². The van der Waals surface area contributed by atoms with Crippen LogP contribution in [-0.2, 0) is 18.4 Å². The van der Waals surface area contributed by atoms with Crippen LogP contribution in [-0.4, -0.2) is 22.8 Å². The van der Waals surface area contributed by atoms with Crippen LogP contribution in [0.3, 0.4) is 0 Å². The van der Waals surface area contributed by atoms with Crippen molar-refractivity contribution < 1.29 is 18.7 Å². The van der Waals surface area contributed by atoms with Gasteiger partial charge in [-0.25, -0.2) is 4.39 Å². The molecule has 1 N–H and O–H groups in total. The van der Waals surface area contributed by atoms with E-state index in [4.69, 9.17) is 9.47 Å². The molecule has 2 aromatic carbocycles. The zero-order valence-electron chi connectivity index (χ0n) is 15.6. The van der Waals surface area contributed by atoms with Gasteiger partial charge in [0, 0.05) is 30.5 Å². The lowest BCUT2D eigenvalue weighted by molar-refractivity contribution is -0.116. The molecule has 1 aliphatic heterocycles. The van der Waals surface area contributed by atoms with Crippen LogP contribution in [0, 0.1) is 5.82 Å². The van der Waals surface area contributed by atoms with Crippen molar-refractivity contribution in [3.8, 4) is 11.5 Å². The van der Waals surface area contributed by atoms with Gasteiger partial charge in [-0.1, -0.05) is 24.3 Å². The Morgan fingerprint density at radius 1 is 1.25 bits per heavy atom. The largest absolute Gasteiger partial charge is 0.493 e. The van der Waals surface area contributed by atoms with E-state index in [1.807, 2.05) is 12.1 Å². The molecule has 0 radical (unpaired) electrons. The second-order valence-electron chi connectivity index (χ2n) is 6.67. The first-order valence-corrected chi connectivity index (χ1v) is 8.92. The molecule has 3 aromatic rings. The number of aryl methyl sites for hydroxylation is 1. The molecule has 1 aliphatic rings. The predicted molar refractivity (Wildman–Crippen MR) is 102 cm³/mol. The number of nitrogens with one attached hydrogen (secondary N) is 1. The highest BCUT2D eigenvalue weighted by molar-refractivity contribution is 5.94. The van der Waals surface area contributed by atoms with Crippen molar-refractivity contribution in [3.05, 3.63) is 71.2 Å². The van der Waals surface area contributed by atoms with E-state index >= 15 is 0 Å². The number of methoxy groups -OCH3 is 1. The van der Waals surface area contributed by atoms with Crippen molar-refractivity contribution in [2.24, 2.45) is 7.05 Å². The SMILES string of the molecule is COc1cccc([C@H]2CC(=O)Nc3c2cnn3C)c1OCc1cccc(F)c1. The molecule has 0 spiro atoms. The Morgan fingerprint density at radius 2 is 2.07 bits per heavy atom. The molecular weight excluding hydrogens is 361 g/mol.